The van der Waals surface area contributed by atoms with E-state index in [1.54, 1.807) is 19.2 Å². The molecule has 0 saturated carbocycles. The van der Waals surface area contributed by atoms with Gasteiger partial charge in [0.05, 0.1) is 20.9 Å². The molecule has 0 spiro atoms. The Labute approximate surface area is 162 Å². The maximum Gasteiger partial charge on any atom is 0.229 e. The van der Waals surface area contributed by atoms with E-state index in [0.29, 0.717) is 10.0 Å². The van der Waals surface area contributed by atoms with E-state index in [4.69, 9.17) is 0 Å². The molecule has 5 nitrogen and oxygen atoms in total. The normalized spacial score (nSPS) is 13.7. The zero-order chi connectivity index (χ0) is 19.0. The molecule has 0 unspecified atom stereocenters. The van der Waals surface area contributed by atoms with E-state index in [0.717, 1.165) is 35.0 Å². The number of aromatic nitrogens is 1. The third-order valence-electron chi connectivity index (χ3n) is 4.96. The van der Waals surface area contributed by atoms with Gasteiger partial charge in [-0.1, -0.05) is 29.5 Å². The summed E-state index contributed by atoms with van der Waals surface area (Å²) in [6.07, 6.45) is 2.95. The second-order valence-electron chi connectivity index (χ2n) is 6.77. The molecule has 27 heavy (non-hydrogen) atoms. The van der Waals surface area contributed by atoms with Gasteiger partial charge in [0.15, 0.2) is 15.0 Å². The van der Waals surface area contributed by atoms with Crippen molar-refractivity contribution in [3.05, 3.63) is 53.6 Å². The van der Waals surface area contributed by atoms with Gasteiger partial charge in [-0.05, 0) is 54.7 Å². The molecule has 0 saturated heterocycles. The fraction of sp³-hybridized carbons (Fsp3) is 0.300. The first-order chi connectivity index (χ1) is 12.9. The number of amides is 1. The fourth-order valence-electron chi connectivity index (χ4n) is 3.36. The van der Waals surface area contributed by atoms with Crippen molar-refractivity contribution in [1.82, 2.24) is 4.98 Å². The second kappa shape index (κ2) is 7.05. The first-order valence-electron chi connectivity index (χ1n) is 8.91. The maximum absolute atomic E-state index is 12.7. The van der Waals surface area contributed by atoms with Crippen LogP contribution in [-0.4, -0.2) is 32.1 Å². The number of para-hydroxylation sites is 1. The highest BCUT2D eigenvalue weighted by atomic mass is 32.2. The van der Waals surface area contributed by atoms with E-state index in [2.05, 4.69) is 4.98 Å². The summed E-state index contributed by atoms with van der Waals surface area (Å²) < 4.78 is 26.3. The molecule has 1 amide bonds. The molecule has 1 aliphatic carbocycles. The van der Waals surface area contributed by atoms with Crippen LogP contribution in [0.4, 0.5) is 5.13 Å². The van der Waals surface area contributed by atoms with Crippen LogP contribution in [0.1, 0.15) is 24.0 Å². The number of anilines is 1. The Morgan fingerprint density at radius 3 is 2.74 bits per heavy atom. The maximum atomic E-state index is 12.7. The van der Waals surface area contributed by atoms with Crippen molar-refractivity contribution in [3.8, 4) is 0 Å². The molecule has 0 radical (unpaired) electrons. The van der Waals surface area contributed by atoms with Crippen LogP contribution in [0.2, 0.25) is 0 Å². The van der Waals surface area contributed by atoms with E-state index in [-0.39, 0.29) is 18.1 Å². The fourth-order valence-corrected chi connectivity index (χ4v) is 5.58. The smallest absolute Gasteiger partial charge is 0.229 e. The lowest BCUT2D eigenvalue weighted by atomic mass is 10.1. The summed E-state index contributed by atoms with van der Waals surface area (Å²) >= 11 is 1.42. The lowest BCUT2D eigenvalue weighted by molar-refractivity contribution is -0.117. The molecule has 1 aliphatic rings. The number of hydrogen-bond donors (Lipinski definition) is 0. The van der Waals surface area contributed by atoms with E-state index in [9.17, 15) is 13.2 Å². The summed E-state index contributed by atoms with van der Waals surface area (Å²) in [4.78, 5) is 18.7. The number of benzene rings is 2. The highest BCUT2D eigenvalue weighted by Crippen LogP contribution is 2.29. The molecule has 3 aromatic rings. The first-order valence-corrected chi connectivity index (χ1v) is 11.4. The summed E-state index contributed by atoms with van der Waals surface area (Å²) in [5.41, 5.74) is 3.19. The summed E-state index contributed by atoms with van der Waals surface area (Å²) in [6, 6.07) is 13.0. The molecule has 4 rings (SSSR count). The average molecular weight is 401 g/mol. The van der Waals surface area contributed by atoms with E-state index in [1.165, 1.54) is 21.8 Å². The highest BCUT2D eigenvalue weighted by Gasteiger charge is 2.22. The molecule has 2 aromatic carbocycles. The van der Waals surface area contributed by atoms with Crippen LogP contribution < -0.4 is 4.90 Å². The monoisotopic (exact) mass is 400 g/mol. The van der Waals surface area contributed by atoms with E-state index in [1.807, 2.05) is 30.3 Å². The number of hydrogen-bond acceptors (Lipinski definition) is 5. The minimum Gasteiger partial charge on any atom is -0.291 e. The lowest BCUT2D eigenvalue weighted by Crippen LogP contribution is -2.28. The van der Waals surface area contributed by atoms with Gasteiger partial charge in [0.2, 0.25) is 5.91 Å². The molecule has 0 atom stereocenters. The first kappa shape index (κ1) is 18.1. The Morgan fingerprint density at radius 1 is 1.15 bits per heavy atom. The van der Waals surface area contributed by atoms with Crippen molar-refractivity contribution >= 4 is 42.4 Å². The molecule has 0 fully saturated rings. The van der Waals surface area contributed by atoms with Gasteiger partial charge in [0, 0.05) is 13.5 Å². The molecular formula is C20H20N2O3S2. The summed E-state index contributed by atoms with van der Waals surface area (Å²) in [7, 11) is -1.84. The highest BCUT2D eigenvalue weighted by molar-refractivity contribution is 7.91. The molecular weight excluding hydrogens is 380 g/mol. The Hall–Kier alpha value is -2.25. The molecule has 1 aromatic heterocycles. The largest absolute Gasteiger partial charge is 0.291 e. The van der Waals surface area contributed by atoms with Gasteiger partial charge in [-0.25, -0.2) is 13.4 Å². The van der Waals surface area contributed by atoms with Gasteiger partial charge >= 0.3 is 0 Å². The van der Waals surface area contributed by atoms with E-state index < -0.39 is 9.84 Å². The van der Waals surface area contributed by atoms with Gasteiger partial charge in [-0.2, -0.15) is 0 Å². The van der Waals surface area contributed by atoms with Gasteiger partial charge in [-0.3, -0.25) is 9.69 Å². The van der Waals surface area contributed by atoms with Crippen LogP contribution in [-0.2, 0) is 27.5 Å². The molecule has 140 valence electrons. The van der Waals surface area contributed by atoms with Crippen LogP contribution in [0.15, 0.2) is 47.4 Å². The Kier molecular flexibility index (Phi) is 4.74. The average Bonchev–Trinajstić information content (AvgIpc) is 3.31. The third-order valence-corrected chi connectivity index (χ3v) is 7.78. The summed E-state index contributed by atoms with van der Waals surface area (Å²) in [6.45, 7) is 0. The van der Waals surface area contributed by atoms with Crippen molar-refractivity contribution in [2.75, 3.05) is 17.7 Å². The van der Waals surface area contributed by atoms with Gasteiger partial charge in [-0.15, -0.1) is 0 Å². The topological polar surface area (TPSA) is 67.3 Å². The number of fused-ring (bicyclic) bond motifs is 2. The quantitative estimate of drug-likeness (QED) is 0.656. The number of rotatable bonds is 5. The molecule has 0 aliphatic heterocycles. The number of carbonyl (C=O) groups excluding carboxylic acids is 1. The predicted molar refractivity (Wildman–Crippen MR) is 108 cm³/mol. The SMILES string of the molecule is CN(C(=O)CCS(=O)(=O)c1ccc2c(c1)CCC2)c1nc2ccccc2s1. The number of thiazole rings is 1. The molecule has 7 heteroatoms. The van der Waals surface area contributed by atoms with Crippen LogP contribution in [0.25, 0.3) is 10.2 Å². The zero-order valence-corrected chi connectivity index (χ0v) is 16.6. The summed E-state index contributed by atoms with van der Waals surface area (Å²) in [5, 5.41) is 0.580. The van der Waals surface area contributed by atoms with Crippen molar-refractivity contribution in [2.24, 2.45) is 0 Å². The van der Waals surface area contributed by atoms with Crippen LogP contribution in [0.3, 0.4) is 0 Å². The number of aryl methyl sites for hydroxylation is 2. The Bertz CT molecular complexity index is 1090. The van der Waals surface area contributed by atoms with Crippen LogP contribution in [0.5, 0.6) is 0 Å². The molecule has 0 bridgehead atoms. The van der Waals surface area contributed by atoms with Gasteiger partial charge in [0.1, 0.15) is 0 Å². The Balaban J connectivity index is 1.46. The van der Waals surface area contributed by atoms with Crippen LogP contribution in [0, 0.1) is 0 Å². The van der Waals surface area contributed by atoms with Crippen molar-refractivity contribution in [1.29, 1.82) is 0 Å². The van der Waals surface area contributed by atoms with E-state index >= 15 is 0 Å². The Morgan fingerprint density at radius 2 is 1.93 bits per heavy atom. The zero-order valence-electron chi connectivity index (χ0n) is 15.0. The molecule has 0 N–H and O–H groups in total. The lowest BCUT2D eigenvalue weighted by Gasteiger charge is -2.14. The standard InChI is InChI=1S/C20H20N2O3S2/c1-22(20-21-17-7-2-3-8-18(17)26-20)19(23)11-12-27(24,25)16-10-9-14-5-4-6-15(14)13-16/h2-3,7-10,13H,4-6,11-12H2,1H3. The van der Waals surface area contributed by atoms with Crippen molar-refractivity contribution in [3.63, 3.8) is 0 Å². The minimum atomic E-state index is -3.48. The number of nitrogens with zero attached hydrogens (tertiary/aromatic N) is 2. The van der Waals surface area contributed by atoms with Crippen LogP contribution >= 0.6 is 11.3 Å². The van der Waals surface area contributed by atoms with Crippen molar-refractivity contribution in [2.45, 2.75) is 30.6 Å². The summed E-state index contributed by atoms with van der Waals surface area (Å²) in [5.74, 6) is -0.446. The molecule has 1 heterocycles. The third kappa shape index (κ3) is 3.61. The van der Waals surface area contributed by atoms with Crippen molar-refractivity contribution < 1.29 is 13.2 Å². The second-order valence-corrected chi connectivity index (χ2v) is 9.89. The minimum absolute atomic E-state index is 0.0636. The number of sulfone groups is 1. The van der Waals surface area contributed by atoms with Gasteiger partial charge < -0.3 is 0 Å². The number of carbonyl (C=O) groups is 1. The predicted octanol–water partition coefficient (Wildman–Crippen LogP) is 3.61. The van der Waals surface area contributed by atoms with Gasteiger partial charge in [0.25, 0.3) is 0 Å².